The van der Waals surface area contributed by atoms with E-state index in [4.69, 9.17) is 0 Å². The number of likely N-dealkylation sites (N-methyl/N-ethyl adjacent to an activating group) is 1. The van der Waals surface area contributed by atoms with Crippen LogP contribution in [0.4, 0.5) is 0 Å². The molecule has 4 heteroatoms. The largest absolute Gasteiger partial charge is 0.352 e. The molecule has 0 radical (unpaired) electrons. The first-order valence-electron chi connectivity index (χ1n) is 6.11. The van der Waals surface area contributed by atoms with Gasteiger partial charge >= 0.3 is 0 Å². The van der Waals surface area contributed by atoms with E-state index in [0.717, 1.165) is 25.8 Å². The zero-order valence-electron chi connectivity index (χ0n) is 10.2. The van der Waals surface area contributed by atoms with Crippen molar-refractivity contribution < 1.29 is 4.79 Å². The van der Waals surface area contributed by atoms with Gasteiger partial charge in [-0.2, -0.15) is 0 Å². The second-order valence-electron chi connectivity index (χ2n) is 4.69. The highest BCUT2D eigenvalue weighted by molar-refractivity contribution is 5.78. The molecular weight excluding hydrogens is 214 g/mol. The van der Waals surface area contributed by atoms with Gasteiger partial charge in [0.1, 0.15) is 0 Å². The predicted molar refractivity (Wildman–Crippen MR) is 66.6 cm³/mol. The number of nitrogens with one attached hydrogen (secondary N) is 1. The summed E-state index contributed by atoms with van der Waals surface area (Å²) in [7, 11) is 1.98. The molecule has 92 valence electrons. The molecule has 0 saturated heterocycles. The Morgan fingerprint density at radius 3 is 2.82 bits per heavy atom. The van der Waals surface area contributed by atoms with E-state index in [1.54, 1.807) is 12.4 Å². The fourth-order valence-electron chi connectivity index (χ4n) is 1.69. The second kappa shape index (κ2) is 5.77. The molecule has 1 amide bonds. The van der Waals surface area contributed by atoms with Crippen LogP contribution >= 0.6 is 0 Å². The average molecular weight is 233 g/mol. The normalized spacial score (nSPS) is 14.9. The molecule has 1 aliphatic carbocycles. The van der Waals surface area contributed by atoms with Crippen molar-refractivity contribution in [3.63, 3.8) is 0 Å². The van der Waals surface area contributed by atoms with Crippen LogP contribution in [-0.4, -0.2) is 42.0 Å². The van der Waals surface area contributed by atoms with Gasteiger partial charge in [0.15, 0.2) is 0 Å². The van der Waals surface area contributed by atoms with Crippen molar-refractivity contribution in [2.45, 2.75) is 25.3 Å². The number of hydrogen-bond donors (Lipinski definition) is 1. The van der Waals surface area contributed by atoms with Gasteiger partial charge in [0.2, 0.25) is 5.91 Å². The molecule has 1 saturated carbocycles. The molecule has 0 bridgehead atoms. The van der Waals surface area contributed by atoms with Crippen LogP contribution in [0, 0.1) is 0 Å². The summed E-state index contributed by atoms with van der Waals surface area (Å²) in [6.07, 6.45) is 6.85. The SMILES string of the molecule is CN(CCc1ccncc1)CC(=O)NC1CC1. The van der Waals surface area contributed by atoms with Crippen molar-refractivity contribution in [1.29, 1.82) is 0 Å². The molecule has 0 unspecified atom stereocenters. The van der Waals surface area contributed by atoms with Crippen molar-refractivity contribution >= 4 is 5.91 Å². The molecule has 1 aliphatic rings. The van der Waals surface area contributed by atoms with E-state index in [2.05, 4.69) is 15.2 Å². The Morgan fingerprint density at radius 2 is 2.18 bits per heavy atom. The number of hydrogen-bond acceptors (Lipinski definition) is 3. The lowest BCUT2D eigenvalue weighted by molar-refractivity contribution is -0.122. The fourth-order valence-corrected chi connectivity index (χ4v) is 1.69. The summed E-state index contributed by atoms with van der Waals surface area (Å²) in [5.74, 6) is 0.143. The van der Waals surface area contributed by atoms with Crippen LogP contribution in [-0.2, 0) is 11.2 Å². The second-order valence-corrected chi connectivity index (χ2v) is 4.69. The molecular formula is C13H19N3O. The van der Waals surface area contributed by atoms with E-state index in [1.165, 1.54) is 5.56 Å². The van der Waals surface area contributed by atoms with Gasteiger partial charge in [-0.05, 0) is 44.0 Å². The van der Waals surface area contributed by atoms with Crippen LogP contribution in [0.1, 0.15) is 18.4 Å². The zero-order chi connectivity index (χ0) is 12.1. The molecule has 2 rings (SSSR count). The van der Waals surface area contributed by atoms with Crippen LogP contribution in [0.25, 0.3) is 0 Å². The molecule has 1 heterocycles. The van der Waals surface area contributed by atoms with E-state index in [0.29, 0.717) is 12.6 Å². The number of pyridine rings is 1. The fraction of sp³-hybridized carbons (Fsp3) is 0.538. The minimum absolute atomic E-state index is 0.143. The molecule has 1 aromatic rings. The van der Waals surface area contributed by atoms with Crippen molar-refractivity contribution in [3.8, 4) is 0 Å². The van der Waals surface area contributed by atoms with Crippen molar-refractivity contribution in [2.75, 3.05) is 20.1 Å². The minimum atomic E-state index is 0.143. The molecule has 0 aromatic carbocycles. The van der Waals surface area contributed by atoms with Crippen molar-refractivity contribution in [3.05, 3.63) is 30.1 Å². The summed E-state index contributed by atoms with van der Waals surface area (Å²) in [5.41, 5.74) is 1.26. The lowest BCUT2D eigenvalue weighted by Gasteiger charge is -2.15. The van der Waals surface area contributed by atoms with E-state index in [1.807, 2.05) is 19.2 Å². The van der Waals surface area contributed by atoms with Crippen molar-refractivity contribution in [1.82, 2.24) is 15.2 Å². The molecule has 0 atom stereocenters. The first kappa shape index (κ1) is 12.0. The topological polar surface area (TPSA) is 45.2 Å². The Hall–Kier alpha value is -1.42. The molecule has 4 nitrogen and oxygen atoms in total. The Kier molecular flexibility index (Phi) is 4.09. The highest BCUT2D eigenvalue weighted by Gasteiger charge is 2.23. The number of nitrogens with zero attached hydrogens (tertiary/aromatic N) is 2. The third kappa shape index (κ3) is 4.53. The van der Waals surface area contributed by atoms with E-state index in [9.17, 15) is 4.79 Å². The van der Waals surface area contributed by atoms with Gasteiger partial charge in [-0.25, -0.2) is 0 Å². The highest BCUT2D eigenvalue weighted by atomic mass is 16.2. The van der Waals surface area contributed by atoms with Gasteiger partial charge in [0.25, 0.3) is 0 Å². The van der Waals surface area contributed by atoms with Crippen LogP contribution in [0.5, 0.6) is 0 Å². The monoisotopic (exact) mass is 233 g/mol. The highest BCUT2D eigenvalue weighted by Crippen LogP contribution is 2.18. The quantitative estimate of drug-likeness (QED) is 0.791. The maximum Gasteiger partial charge on any atom is 0.234 e. The van der Waals surface area contributed by atoms with Gasteiger partial charge < -0.3 is 5.32 Å². The number of amides is 1. The molecule has 1 N–H and O–H groups in total. The van der Waals surface area contributed by atoms with Gasteiger partial charge in [-0.1, -0.05) is 0 Å². The molecule has 1 aromatic heterocycles. The van der Waals surface area contributed by atoms with Crippen LogP contribution in [0.3, 0.4) is 0 Å². The van der Waals surface area contributed by atoms with E-state index in [-0.39, 0.29) is 5.91 Å². The molecule has 0 aliphatic heterocycles. The summed E-state index contributed by atoms with van der Waals surface area (Å²) < 4.78 is 0. The van der Waals surface area contributed by atoms with Gasteiger partial charge in [-0.15, -0.1) is 0 Å². The predicted octanol–water partition coefficient (Wildman–Crippen LogP) is 0.834. The average Bonchev–Trinajstić information content (AvgIpc) is 3.11. The van der Waals surface area contributed by atoms with Gasteiger partial charge in [0.05, 0.1) is 6.54 Å². The Balaban J connectivity index is 1.66. The lowest BCUT2D eigenvalue weighted by atomic mass is 10.2. The van der Waals surface area contributed by atoms with Crippen LogP contribution in [0.15, 0.2) is 24.5 Å². The minimum Gasteiger partial charge on any atom is -0.352 e. The number of rotatable bonds is 6. The number of carbonyl (C=O) groups is 1. The molecule has 1 fully saturated rings. The number of aromatic nitrogens is 1. The maximum absolute atomic E-state index is 11.6. The summed E-state index contributed by atoms with van der Waals surface area (Å²) >= 11 is 0. The first-order valence-corrected chi connectivity index (χ1v) is 6.11. The Morgan fingerprint density at radius 1 is 1.47 bits per heavy atom. The smallest absolute Gasteiger partial charge is 0.234 e. The third-order valence-electron chi connectivity index (χ3n) is 2.89. The van der Waals surface area contributed by atoms with Crippen LogP contribution < -0.4 is 5.32 Å². The molecule has 0 spiro atoms. The standard InChI is InChI=1S/C13H19N3O/c1-16(10-13(17)15-12-2-3-12)9-6-11-4-7-14-8-5-11/h4-5,7-8,12H,2-3,6,9-10H2,1H3,(H,15,17). The van der Waals surface area contributed by atoms with Crippen molar-refractivity contribution in [2.24, 2.45) is 0 Å². The summed E-state index contributed by atoms with van der Waals surface area (Å²) in [4.78, 5) is 17.6. The third-order valence-corrected chi connectivity index (χ3v) is 2.89. The first-order chi connectivity index (χ1) is 8.24. The van der Waals surface area contributed by atoms with E-state index < -0.39 is 0 Å². The van der Waals surface area contributed by atoms with E-state index >= 15 is 0 Å². The zero-order valence-corrected chi connectivity index (χ0v) is 10.2. The van der Waals surface area contributed by atoms with Gasteiger partial charge in [0, 0.05) is 25.0 Å². The Bertz CT molecular complexity index is 362. The summed E-state index contributed by atoms with van der Waals surface area (Å²) in [6.45, 7) is 1.38. The van der Waals surface area contributed by atoms with Gasteiger partial charge in [-0.3, -0.25) is 14.7 Å². The maximum atomic E-state index is 11.6. The lowest BCUT2D eigenvalue weighted by Crippen LogP contribution is -2.37. The molecule has 17 heavy (non-hydrogen) atoms. The number of carbonyl (C=O) groups excluding carboxylic acids is 1. The van der Waals surface area contributed by atoms with Crippen LogP contribution in [0.2, 0.25) is 0 Å². The summed E-state index contributed by atoms with van der Waals surface area (Å²) in [6, 6.07) is 4.48. The Labute approximate surface area is 102 Å². The summed E-state index contributed by atoms with van der Waals surface area (Å²) in [5, 5.41) is 2.99.